The van der Waals surface area contributed by atoms with Gasteiger partial charge in [0.2, 0.25) is 0 Å². The number of aryl methyl sites for hydroxylation is 1. The first-order valence-corrected chi connectivity index (χ1v) is 8.52. The van der Waals surface area contributed by atoms with Crippen molar-refractivity contribution < 1.29 is 4.74 Å². The van der Waals surface area contributed by atoms with Gasteiger partial charge in [-0.05, 0) is 12.8 Å². The molecular formula is C16H24N6O. The number of aromatic nitrogens is 4. The number of hydrogen-bond acceptors (Lipinski definition) is 6. The predicted molar refractivity (Wildman–Crippen MR) is 88.5 cm³/mol. The molecule has 23 heavy (non-hydrogen) atoms. The number of morpholine rings is 1. The molecule has 2 aromatic rings. The van der Waals surface area contributed by atoms with E-state index in [1.54, 1.807) is 0 Å². The van der Waals surface area contributed by atoms with Crippen molar-refractivity contribution in [1.82, 2.24) is 19.7 Å². The minimum Gasteiger partial charge on any atom is -0.373 e. The highest BCUT2D eigenvalue weighted by atomic mass is 16.5. The Kier molecular flexibility index (Phi) is 3.90. The smallest absolute Gasteiger partial charge is 0.163 e. The van der Waals surface area contributed by atoms with Gasteiger partial charge in [0, 0.05) is 32.6 Å². The monoisotopic (exact) mass is 316 g/mol. The Bertz CT molecular complexity index is 693. The van der Waals surface area contributed by atoms with Crippen molar-refractivity contribution in [2.75, 3.05) is 31.1 Å². The van der Waals surface area contributed by atoms with E-state index in [0.717, 1.165) is 35.8 Å². The quantitative estimate of drug-likeness (QED) is 0.916. The molecule has 1 aliphatic heterocycles. The van der Waals surface area contributed by atoms with Gasteiger partial charge in [-0.25, -0.2) is 9.97 Å². The fourth-order valence-corrected chi connectivity index (χ4v) is 3.69. The normalized spacial score (nSPS) is 23.0. The molecular weight excluding hydrogens is 292 g/mol. The lowest BCUT2D eigenvalue weighted by Gasteiger charge is -2.33. The van der Waals surface area contributed by atoms with Crippen LogP contribution in [0.1, 0.15) is 37.4 Å². The van der Waals surface area contributed by atoms with Gasteiger partial charge in [-0.1, -0.05) is 12.8 Å². The molecule has 0 amide bonds. The fourth-order valence-electron chi connectivity index (χ4n) is 3.69. The highest BCUT2D eigenvalue weighted by Gasteiger charge is 2.26. The first-order chi connectivity index (χ1) is 11.3. The van der Waals surface area contributed by atoms with Crippen molar-refractivity contribution in [3.8, 4) is 0 Å². The molecule has 7 heteroatoms. The fraction of sp³-hybridized carbons (Fsp3) is 0.688. The van der Waals surface area contributed by atoms with E-state index < -0.39 is 0 Å². The van der Waals surface area contributed by atoms with Gasteiger partial charge in [-0.2, -0.15) is 5.10 Å². The zero-order chi connectivity index (χ0) is 15.8. The van der Waals surface area contributed by atoms with Crippen molar-refractivity contribution in [3.05, 3.63) is 12.0 Å². The Morgan fingerprint density at radius 3 is 2.91 bits per heavy atom. The number of anilines is 1. The van der Waals surface area contributed by atoms with Crippen LogP contribution in [0.4, 0.5) is 5.82 Å². The Morgan fingerprint density at radius 1 is 1.30 bits per heavy atom. The van der Waals surface area contributed by atoms with Gasteiger partial charge in [0.15, 0.2) is 5.65 Å². The van der Waals surface area contributed by atoms with Crippen molar-refractivity contribution >= 4 is 16.9 Å². The topological polar surface area (TPSA) is 82.1 Å². The van der Waals surface area contributed by atoms with Gasteiger partial charge in [0.1, 0.15) is 11.6 Å². The molecule has 1 saturated carbocycles. The summed E-state index contributed by atoms with van der Waals surface area (Å²) in [6, 6.07) is 0. The molecule has 124 valence electrons. The summed E-state index contributed by atoms with van der Waals surface area (Å²) in [6.07, 6.45) is 6.88. The van der Waals surface area contributed by atoms with Crippen LogP contribution in [0, 0.1) is 0 Å². The SMILES string of the molecule is Cn1ncc2c(N3CCOC(CN)C3)nc(C3CCCC3)nc21. The Balaban J connectivity index is 1.77. The Hall–Kier alpha value is -1.73. The molecule has 3 heterocycles. The van der Waals surface area contributed by atoms with E-state index in [0.29, 0.717) is 19.1 Å². The van der Waals surface area contributed by atoms with E-state index in [9.17, 15) is 0 Å². The second-order valence-corrected chi connectivity index (χ2v) is 6.57. The van der Waals surface area contributed by atoms with Gasteiger partial charge in [-0.3, -0.25) is 4.68 Å². The van der Waals surface area contributed by atoms with Crippen LogP contribution in [-0.2, 0) is 11.8 Å². The summed E-state index contributed by atoms with van der Waals surface area (Å²) < 4.78 is 7.54. The number of fused-ring (bicyclic) bond motifs is 1. The van der Waals surface area contributed by atoms with Crippen LogP contribution in [-0.4, -0.2) is 52.1 Å². The minimum absolute atomic E-state index is 0.0698. The molecule has 1 saturated heterocycles. The van der Waals surface area contributed by atoms with Crippen LogP contribution in [0.5, 0.6) is 0 Å². The minimum atomic E-state index is 0.0698. The van der Waals surface area contributed by atoms with E-state index in [1.165, 1.54) is 25.7 Å². The third kappa shape index (κ3) is 2.68. The predicted octanol–water partition coefficient (Wildman–Crippen LogP) is 1.18. The van der Waals surface area contributed by atoms with Gasteiger partial charge in [-0.15, -0.1) is 0 Å². The highest BCUT2D eigenvalue weighted by Crippen LogP contribution is 2.35. The summed E-state index contributed by atoms with van der Waals surface area (Å²) in [7, 11) is 1.94. The van der Waals surface area contributed by atoms with E-state index in [2.05, 4.69) is 10.00 Å². The van der Waals surface area contributed by atoms with Crippen molar-refractivity contribution in [1.29, 1.82) is 0 Å². The lowest BCUT2D eigenvalue weighted by molar-refractivity contribution is 0.0464. The standard InChI is InChI=1S/C16H24N6O/c1-21-15-13(9-18-21)16(22-6-7-23-12(8-17)10-22)20-14(19-15)11-4-2-3-5-11/h9,11-12H,2-8,10,17H2,1H3. The molecule has 1 aliphatic carbocycles. The Morgan fingerprint density at radius 2 is 2.13 bits per heavy atom. The molecule has 0 bridgehead atoms. The lowest BCUT2D eigenvalue weighted by Crippen LogP contribution is -2.46. The van der Waals surface area contributed by atoms with Crippen LogP contribution < -0.4 is 10.6 Å². The molecule has 0 aromatic carbocycles. The second kappa shape index (κ2) is 6.05. The molecule has 2 aromatic heterocycles. The van der Waals surface area contributed by atoms with E-state index in [1.807, 2.05) is 17.9 Å². The number of nitrogens with two attached hydrogens (primary N) is 1. The molecule has 2 aliphatic rings. The van der Waals surface area contributed by atoms with Crippen LogP contribution in [0.25, 0.3) is 11.0 Å². The van der Waals surface area contributed by atoms with Crippen LogP contribution >= 0.6 is 0 Å². The van der Waals surface area contributed by atoms with Crippen LogP contribution in [0.3, 0.4) is 0 Å². The van der Waals surface area contributed by atoms with Crippen molar-refractivity contribution in [3.63, 3.8) is 0 Å². The number of rotatable bonds is 3. The molecule has 2 N–H and O–H groups in total. The Labute approximate surface area is 135 Å². The highest BCUT2D eigenvalue weighted by molar-refractivity contribution is 5.87. The summed E-state index contributed by atoms with van der Waals surface area (Å²) in [6.45, 7) is 2.84. The molecule has 2 fully saturated rings. The molecule has 1 unspecified atom stereocenters. The van der Waals surface area contributed by atoms with Gasteiger partial charge in [0.25, 0.3) is 0 Å². The average molecular weight is 316 g/mol. The summed E-state index contributed by atoms with van der Waals surface area (Å²) in [4.78, 5) is 12.1. The molecule has 1 atom stereocenters. The lowest BCUT2D eigenvalue weighted by atomic mass is 10.1. The van der Waals surface area contributed by atoms with Crippen LogP contribution in [0.15, 0.2) is 6.20 Å². The molecule has 4 rings (SSSR count). The maximum absolute atomic E-state index is 5.79. The van der Waals surface area contributed by atoms with Gasteiger partial charge >= 0.3 is 0 Å². The summed E-state index contributed by atoms with van der Waals surface area (Å²) >= 11 is 0. The maximum Gasteiger partial charge on any atom is 0.163 e. The average Bonchev–Trinajstić information content (AvgIpc) is 3.25. The van der Waals surface area contributed by atoms with Crippen molar-refractivity contribution in [2.24, 2.45) is 12.8 Å². The zero-order valence-electron chi connectivity index (χ0n) is 13.6. The molecule has 0 radical (unpaired) electrons. The second-order valence-electron chi connectivity index (χ2n) is 6.57. The number of ether oxygens (including phenoxy) is 1. The third-order valence-corrected chi connectivity index (χ3v) is 5.01. The zero-order valence-corrected chi connectivity index (χ0v) is 13.6. The van der Waals surface area contributed by atoms with Gasteiger partial charge in [0.05, 0.1) is 24.3 Å². The first kappa shape index (κ1) is 14.8. The number of nitrogens with zero attached hydrogens (tertiary/aromatic N) is 5. The largest absolute Gasteiger partial charge is 0.373 e. The maximum atomic E-state index is 5.79. The van der Waals surface area contributed by atoms with Crippen molar-refractivity contribution in [2.45, 2.75) is 37.7 Å². The summed E-state index contributed by atoms with van der Waals surface area (Å²) in [5.41, 5.74) is 6.71. The first-order valence-electron chi connectivity index (χ1n) is 8.52. The van der Waals surface area contributed by atoms with E-state index in [-0.39, 0.29) is 6.10 Å². The van der Waals surface area contributed by atoms with Gasteiger partial charge < -0.3 is 15.4 Å². The third-order valence-electron chi connectivity index (χ3n) is 5.01. The summed E-state index contributed by atoms with van der Waals surface area (Å²) in [5, 5.41) is 5.41. The van der Waals surface area contributed by atoms with E-state index >= 15 is 0 Å². The van der Waals surface area contributed by atoms with E-state index in [4.69, 9.17) is 20.4 Å². The molecule has 7 nitrogen and oxygen atoms in total. The van der Waals surface area contributed by atoms with Crippen LogP contribution in [0.2, 0.25) is 0 Å². The number of hydrogen-bond donors (Lipinski definition) is 1. The summed E-state index contributed by atoms with van der Waals surface area (Å²) in [5.74, 6) is 2.45. The molecule has 0 spiro atoms.